The summed E-state index contributed by atoms with van der Waals surface area (Å²) in [4.78, 5) is 13.5. The van der Waals surface area contributed by atoms with E-state index in [0.717, 1.165) is 11.3 Å². The molecule has 2 heterocycles. The van der Waals surface area contributed by atoms with Gasteiger partial charge in [-0.15, -0.1) is 11.3 Å². The summed E-state index contributed by atoms with van der Waals surface area (Å²) in [5.41, 5.74) is 7.67. The van der Waals surface area contributed by atoms with Crippen LogP contribution in [0.15, 0.2) is 46.8 Å². The smallest absolute Gasteiger partial charge is 0.274 e. The molecule has 1 aliphatic heterocycles. The van der Waals surface area contributed by atoms with E-state index in [1.807, 2.05) is 13.8 Å². The molecule has 0 saturated carbocycles. The van der Waals surface area contributed by atoms with Crippen LogP contribution in [-0.2, 0) is 0 Å². The second-order valence-electron chi connectivity index (χ2n) is 8.11. The van der Waals surface area contributed by atoms with Gasteiger partial charge in [0.2, 0.25) is 0 Å². The highest BCUT2D eigenvalue weighted by atomic mass is 32.1. The van der Waals surface area contributed by atoms with Crippen molar-refractivity contribution in [2.24, 2.45) is 5.73 Å². The molecule has 0 unspecified atom stereocenters. The van der Waals surface area contributed by atoms with Gasteiger partial charge < -0.3 is 24.7 Å². The molecule has 3 aromatic rings. The number of aromatic nitrogens is 1. The van der Waals surface area contributed by atoms with Gasteiger partial charge in [0, 0.05) is 0 Å². The van der Waals surface area contributed by atoms with Gasteiger partial charge in [-0.3, -0.25) is 9.36 Å². The predicted octanol–water partition coefficient (Wildman–Crippen LogP) is 2.68. The average Bonchev–Trinajstić information content (AvgIpc) is 3.24. The van der Waals surface area contributed by atoms with Crippen molar-refractivity contribution in [3.8, 4) is 35.1 Å². The number of nitriles is 2. The van der Waals surface area contributed by atoms with Gasteiger partial charge >= 0.3 is 0 Å². The van der Waals surface area contributed by atoms with E-state index in [4.69, 9.17) is 24.7 Å². The van der Waals surface area contributed by atoms with Crippen LogP contribution in [0.1, 0.15) is 30.9 Å². The molecule has 0 amide bonds. The Labute approximate surface area is 223 Å². The van der Waals surface area contributed by atoms with Crippen molar-refractivity contribution in [2.75, 3.05) is 27.4 Å². The predicted molar refractivity (Wildman–Crippen MR) is 145 cm³/mol. The van der Waals surface area contributed by atoms with Crippen molar-refractivity contribution in [1.82, 2.24) is 4.57 Å². The van der Waals surface area contributed by atoms with Crippen molar-refractivity contribution in [3.05, 3.63) is 72.6 Å². The Morgan fingerprint density at radius 3 is 2.13 bits per heavy atom. The number of rotatable bonds is 8. The van der Waals surface area contributed by atoms with Crippen LogP contribution in [0.3, 0.4) is 0 Å². The molecule has 10 heteroatoms. The molecule has 4 rings (SSSR count). The van der Waals surface area contributed by atoms with E-state index >= 15 is 0 Å². The van der Waals surface area contributed by atoms with Crippen molar-refractivity contribution < 1.29 is 18.9 Å². The summed E-state index contributed by atoms with van der Waals surface area (Å²) in [7, 11) is 3.09. The molecule has 9 nitrogen and oxygen atoms in total. The molecular formula is C28H26N4O5S. The molecule has 0 fully saturated rings. The van der Waals surface area contributed by atoms with Gasteiger partial charge in [-0.1, -0.05) is 12.1 Å². The number of nitrogens with zero attached hydrogens (tertiary/aromatic N) is 3. The number of benzene rings is 2. The second-order valence-corrected chi connectivity index (χ2v) is 9.14. The monoisotopic (exact) mass is 530 g/mol. The summed E-state index contributed by atoms with van der Waals surface area (Å²) in [5, 5.41) is 20.3. The first-order chi connectivity index (χ1) is 18.4. The molecule has 194 valence electrons. The van der Waals surface area contributed by atoms with Crippen molar-refractivity contribution in [3.63, 3.8) is 0 Å². The van der Waals surface area contributed by atoms with Crippen molar-refractivity contribution >= 4 is 28.8 Å². The number of methoxy groups -OCH3 is 2. The Morgan fingerprint density at radius 2 is 1.55 bits per heavy atom. The summed E-state index contributed by atoms with van der Waals surface area (Å²) in [6, 6.07) is 14.9. The van der Waals surface area contributed by atoms with E-state index in [1.165, 1.54) is 11.7 Å². The van der Waals surface area contributed by atoms with Gasteiger partial charge in [-0.25, -0.2) is 0 Å². The topological polar surface area (TPSA) is 133 Å². The number of thiazole rings is 1. The van der Waals surface area contributed by atoms with E-state index in [-0.39, 0.29) is 17.0 Å². The summed E-state index contributed by atoms with van der Waals surface area (Å²) in [5.74, 6) is 1.35. The highest BCUT2D eigenvalue weighted by molar-refractivity contribution is 7.07. The van der Waals surface area contributed by atoms with Crippen LogP contribution in [0, 0.1) is 22.7 Å². The molecule has 1 atom stereocenters. The lowest BCUT2D eigenvalue weighted by Crippen LogP contribution is -2.38. The molecule has 1 aromatic heterocycles. The lowest BCUT2D eigenvalue weighted by atomic mass is 9.84. The Bertz CT molecular complexity index is 1690. The molecule has 0 saturated heterocycles. The SMILES string of the molecule is CCOc1cc(C=c2sc3n(c2=O)C(N)=C(C#N)[C@@H](c2ccc(OC)c(OCC)c2)C=3C#N)ccc1OC. The van der Waals surface area contributed by atoms with Gasteiger partial charge in [0.1, 0.15) is 10.5 Å². The molecular weight excluding hydrogens is 504 g/mol. The zero-order chi connectivity index (χ0) is 27.4. The lowest BCUT2D eigenvalue weighted by Gasteiger charge is -2.23. The van der Waals surface area contributed by atoms with Crippen LogP contribution in [0.25, 0.3) is 17.5 Å². The molecule has 0 bridgehead atoms. The Kier molecular flexibility index (Phi) is 7.75. The minimum Gasteiger partial charge on any atom is -0.493 e. The highest BCUT2D eigenvalue weighted by Crippen LogP contribution is 2.39. The standard InChI is InChI=1S/C28H26N4O5S/c1-5-36-22-11-16(7-9-20(22)34-3)12-24-27(33)32-26(31)18(14-29)25(19(15-30)28(32)38-24)17-8-10-21(35-4)23(13-17)37-6-2/h7-13,25H,5-6,31H2,1-4H3/t25-/m1/s1. The first-order valence-corrected chi connectivity index (χ1v) is 12.6. The normalized spacial score (nSPS) is 14.9. The third-order valence-electron chi connectivity index (χ3n) is 6.00. The molecule has 2 aromatic carbocycles. The summed E-state index contributed by atoms with van der Waals surface area (Å²) >= 11 is 1.14. The van der Waals surface area contributed by atoms with E-state index in [2.05, 4.69) is 12.1 Å². The first-order valence-electron chi connectivity index (χ1n) is 11.8. The first kappa shape index (κ1) is 26.4. The number of fused-ring (bicyclic) bond motifs is 1. The van der Waals surface area contributed by atoms with E-state index < -0.39 is 11.5 Å². The maximum Gasteiger partial charge on any atom is 0.274 e. The molecule has 0 spiro atoms. The average molecular weight is 531 g/mol. The van der Waals surface area contributed by atoms with Crippen LogP contribution in [0.2, 0.25) is 0 Å². The minimum absolute atomic E-state index is 0.00841. The summed E-state index contributed by atoms with van der Waals surface area (Å²) in [6.45, 7) is 4.57. The largest absolute Gasteiger partial charge is 0.493 e. The third-order valence-corrected chi connectivity index (χ3v) is 7.10. The number of nitrogens with two attached hydrogens (primary N) is 1. The van der Waals surface area contributed by atoms with Gasteiger partial charge in [0.15, 0.2) is 23.0 Å². The Morgan fingerprint density at radius 1 is 0.947 bits per heavy atom. The third kappa shape index (κ3) is 4.58. The second kappa shape index (κ2) is 11.2. The number of allylic oxidation sites excluding steroid dienone is 1. The maximum absolute atomic E-state index is 13.5. The molecule has 0 radical (unpaired) electrons. The fraction of sp³-hybridized carbons (Fsp3) is 0.250. The van der Waals surface area contributed by atoms with E-state index in [0.29, 0.717) is 56.5 Å². The van der Waals surface area contributed by atoms with Crippen molar-refractivity contribution in [2.45, 2.75) is 19.8 Å². The van der Waals surface area contributed by atoms with Crippen LogP contribution in [0.5, 0.6) is 23.0 Å². The molecule has 1 aliphatic rings. The van der Waals surface area contributed by atoms with Crippen LogP contribution < -0.4 is 39.4 Å². The van der Waals surface area contributed by atoms with Crippen molar-refractivity contribution in [1.29, 1.82) is 10.5 Å². The fourth-order valence-corrected chi connectivity index (χ4v) is 5.46. The van der Waals surface area contributed by atoms with Crippen LogP contribution in [0.4, 0.5) is 0 Å². The maximum atomic E-state index is 13.5. The summed E-state index contributed by atoms with van der Waals surface area (Å²) in [6.07, 6.45) is 1.70. The van der Waals surface area contributed by atoms with Crippen LogP contribution in [-0.4, -0.2) is 32.0 Å². The van der Waals surface area contributed by atoms with Crippen LogP contribution >= 0.6 is 11.3 Å². The lowest BCUT2D eigenvalue weighted by molar-refractivity contribution is 0.310. The Balaban J connectivity index is 1.96. The summed E-state index contributed by atoms with van der Waals surface area (Å²) < 4.78 is 24.0. The fourth-order valence-electron chi connectivity index (χ4n) is 4.33. The quantitative estimate of drug-likeness (QED) is 0.470. The molecule has 0 aliphatic carbocycles. The molecule has 38 heavy (non-hydrogen) atoms. The highest BCUT2D eigenvalue weighted by Gasteiger charge is 2.32. The van der Waals surface area contributed by atoms with Gasteiger partial charge in [0.25, 0.3) is 5.56 Å². The van der Waals surface area contributed by atoms with Gasteiger partial charge in [-0.2, -0.15) is 10.5 Å². The minimum atomic E-state index is -0.772. The molecule has 2 N–H and O–H groups in total. The van der Waals surface area contributed by atoms with E-state index in [1.54, 1.807) is 49.6 Å². The zero-order valence-electron chi connectivity index (χ0n) is 21.4. The van der Waals surface area contributed by atoms with Gasteiger partial charge in [0.05, 0.1) is 61.2 Å². The number of hydrogen-bond donors (Lipinski definition) is 1. The zero-order valence-corrected chi connectivity index (χ0v) is 22.2. The number of hydrogen-bond acceptors (Lipinski definition) is 9. The number of ether oxygens (including phenoxy) is 4. The van der Waals surface area contributed by atoms with E-state index in [9.17, 15) is 15.3 Å². The Hall–Kier alpha value is -4.67. The van der Waals surface area contributed by atoms with Gasteiger partial charge in [-0.05, 0) is 55.3 Å².